The Morgan fingerprint density at radius 3 is 2.60 bits per heavy atom. The molecule has 3 aromatic rings. The van der Waals surface area contributed by atoms with Crippen molar-refractivity contribution in [1.29, 1.82) is 0 Å². The molecule has 1 aromatic carbocycles. The van der Waals surface area contributed by atoms with E-state index in [0.717, 1.165) is 21.9 Å². The Hall–Kier alpha value is -4.88. The van der Waals surface area contributed by atoms with Crippen molar-refractivity contribution < 1.29 is 38.8 Å². The highest BCUT2D eigenvalue weighted by Gasteiger charge is 2.54. The minimum absolute atomic E-state index is 0.0153. The first-order valence-corrected chi connectivity index (χ1v) is 15.9. The molecule has 0 spiro atoms. The zero-order valence-corrected chi connectivity index (χ0v) is 25.8. The van der Waals surface area contributed by atoms with E-state index in [1.807, 2.05) is 30.3 Å². The number of oxime groups is 1. The van der Waals surface area contributed by atoms with E-state index in [0.29, 0.717) is 16.5 Å². The van der Waals surface area contributed by atoms with Crippen LogP contribution in [0.5, 0.6) is 0 Å². The molecule has 0 bridgehead atoms. The number of hydrogen-bond donors (Lipinski definition) is 6. The number of nitrogen functional groups attached to an aromatic ring is 3. The fraction of sp³-hybridized carbons (Fsp3) is 0.231. The van der Waals surface area contributed by atoms with E-state index in [1.165, 1.54) is 41.9 Å². The van der Waals surface area contributed by atoms with Crippen LogP contribution in [0.4, 0.5) is 16.8 Å². The highest BCUT2D eigenvalue weighted by molar-refractivity contribution is 8.01. The average Bonchev–Trinajstić information content (AvgIpc) is 3.43. The Morgan fingerprint density at radius 1 is 1.22 bits per heavy atom. The molecule has 19 heteroatoms. The van der Waals surface area contributed by atoms with Gasteiger partial charge in [0.05, 0.1) is 6.07 Å². The van der Waals surface area contributed by atoms with Crippen molar-refractivity contribution in [2.45, 2.75) is 29.6 Å². The second-order valence-corrected chi connectivity index (χ2v) is 12.5. The number of carboxylic acid groups (broad SMARTS) is 2. The third-order valence-corrected chi connectivity index (χ3v) is 9.56. The second kappa shape index (κ2) is 13.0. The molecule has 2 aliphatic rings. The van der Waals surface area contributed by atoms with E-state index in [4.69, 9.17) is 27.1 Å². The first kappa shape index (κ1) is 31.5. The van der Waals surface area contributed by atoms with Gasteiger partial charge in [-0.05, 0) is 36.4 Å². The van der Waals surface area contributed by atoms with Crippen LogP contribution in [0.25, 0.3) is 5.69 Å². The SMILES string of the molecule is CC(O/N=C(\C(=O)NC1C(=O)N2C(C(=O)O)=C(CSc3nc(N)cc(N)[n+]3-c3ccccc3)CS[C@@H]12)c1csc(N)n1)C(=O)O. The molecular weight excluding hydrogens is 647 g/mol. The largest absolute Gasteiger partial charge is 0.478 e. The molecule has 4 heterocycles. The lowest BCUT2D eigenvalue weighted by molar-refractivity contribution is -0.626. The number of hydrogen-bond acceptors (Lipinski definition) is 14. The van der Waals surface area contributed by atoms with Crippen molar-refractivity contribution in [2.75, 3.05) is 28.7 Å². The molecule has 45 heavy (non-hydrogen) atoms. The summed E-state index contributed by atoms with van der Waals surface area (Å²) >= 11 is 3.50. The smallest absolute Gasteiger partial charge is 0.352 e. The normalized spacial score (nSPS) is 18.6. The van der Waals surface area contributed by atoms with Gasteiger partial charge in [0.1, 0.15) is 28.5 Å². The van der Waals surface area contributed by atoms with Crippen LogP contribution in [0.1, 0.15) is 12.6 Å². The first-order chi connectivity index (χ1) is 21.5. The Kier molecular flexibility index (Phi) is 9.11. The molecule has 234 valence electrons. The summed E-state index contributed by atoms with van der Waals surface area (Å²) in [5, 5.41) is 26.7. The summed E-state index contributed by atoms with van der Waals surface area (Å²) in [5.74, 6) is -3.22. The number of fused-ring (bicyclic) bond motifs is 1. The minimum atomic E-state index is -1.38. The maximum Gasteiger partial charge on any atom is 0.352 e. The Labute approximate surface area is 267 Å². The predicted molar refractivity (Wildman–Crippen MR) is 166 cm³/mol. The number of rotatable bonds is 11. The molecule has 0 saturated carbocycles. The number of nitrogens with zero attached hydrogens (tertiary/aromatic N) is 5. The molecule has 1 fully saturated rings. The molecule has 2 amide bonds. The molecule has 2 aliphatic heterocycles. The van der Waals surface area contributed by atoms with E-state index in [9.17, 15) is 24.3 Å². The number of aromatic nitrogens is 3. The molecule has 1 saturated heterocycles. The number of β-lactam (4-membered cyclic amide) rings is 1. The van der Waals surface area contributed by atoms with Crippen LogP contribution in [0.15, 0.2) is 63.4 Å². The number of anilines is 3. The fourth-order valence-corrected chi connectivity index (χ4v) is 7.46. The average molecular weight is 673 g/mol. The first-order valence-electron chi connectivity index (χ1n) is 13.0. The summed E-state index contributed by atoms with van der Waals surface area (Å²) in [6.45, 7) is 1.22. The number of para-hydroxylation sites is 1. The summed E-state index contributed by atoms with van der Waals surface area (Å²) < 4.78 is 1.69. The number of nitrogens with two attached hydrogens (primary N) is 3. The van der Waals surface area contributed by atoms with Gasteiger partial charge in [-0.25, -0.2) is 14.6 Å². The maximum atomic E-state index is 13.3. The number of thioether (sulfide) groups is 2. The predicted octanol–water partition coefficient (Wildman–Crippen LogP) is 0.286. The van der Waals surface area contributed by atoms with E-state index in [1.54, 1.807) is 4.57 Å². The highest BCUT2D eigenvalue weighted by atomic mass is 32.2. The lowest BCUT2D eigenvalue weighted by atomic mass is 10.0. The molecule has 0 aliphatic carbocycles. The summed E-state index contributed by atoms with van der Waals surface area (Å²) in [6.07, 6.45) is -1.38. The monoisotopic (exact) mass is 672 g/mol. The van der Waals surface area contributed by atoms with Crippen LogP contribution in [-0.2, 0) is 24.0 Å². The van der Waals surface area contributed by atoms with Gasteiger partial charge < -0.3 is 37.6 Å². The number of benzene rings is 1. The molecule has 16 nitrogen and oxygen atoms in total. The maximum absolute atomic E-state index is 13.3. The highest BCUT2D eigenvalue weighted by Crippen LogP contribution is 2.41. The van der Waals surface area contributed by atoms with E-state index < -0.39 is 47.0 Å². The Bertz CT molecular complexity index is 1750. The van der Waals surface area contributed by atoms with Gasteiger partial charge in [0.15, 0.2) is 10.8 Å². The van der Waals surface area contributed by atoms with Gasteiger partial charge in [0.25, 0.3) is 11.8 Å². The van der Waals surface area contributed by atoms with Crippen LogP contribution in [0.2, 0.25) is 0 Å². The second-order valence-electron chi connectivity index (χ2n) is 9.56. The van der Waals surface area contributed by atoms with Crippen LogP contribution in [-0.4, -0.2) is 83.6 Å². The van der Waals surface area contributed by atoms with Gasteiger partial charge in [0, 0.05) is 16.9 Å². The number of carbonyl (C=O) groups is 4. The lowest BCUT2D eigenvalue weighted by Crippen LogP contribution is -2.71. The van der Waals surface area contributed by atoms with Gasteiger partial charge >= 0.3 is 17.1 Å². The molecule has 3 atom stereocenters. The molecule has 5 rings (SSSR count). The van der Waals surface area contributed by atoms with Gasteiger partial charge in [0.2, 0.25) is 17.7 Å². The third-order valence-electron chi connectivity index (χ3n) is 6.53. The van der Waals surface area contributed by atoms with Crippen LogP contribution >= 0.6 is 34.9 Å². The van der Waals surface area contributed by atoms with Crippen molar-refractivity contribution in [3.05, 3.63) is 58.7 Å². The summed E-state index contributed by atoms with van der Waals surface area (Å²) in [6, 6.07) is 9.63. The van der Waals surface area contributed by atoms with Crippen molar-refractivity contribution in [2.24, 2.45) is 5.16 Å². The number of aliphatic carboxylic acids is 2. The van der Waals surface area contributed by atoms with Crippen LogP contribution < -0.4 is 27.1 Å². The van der Waals surface area contributed by atoms with Crippen LogP contribution in [0, 0.1) is 0 Å². The van der Waals surface area contributed by atoms with E-state index in [2.05, 4.69) is 20.4 Å². The van der Waals surface area contributed by atoms with E-state index in [-0.39, 0.29) is 33.8 Å². The van der Waals surface area contributed by atoms with Crippen LogP contribution in [0.3, 0.4) is 0 Å². The van der Waals surface area contributed by atoms with Crippen molar-refractivity contribution >= 4 is 81.1 Å². The molecule has 0 radical (unpaired) electrons. The molecule has 9 N–H and O–H groups in total. The van der Waals surface area contributed by atoms with Gasteiger partial charge in [-0.1, -0.05) is 28.3 Å². The molecule has 2 aromatic heterocycles. The third kappa shape index (κ3) is 6.49. The number of carbonyl (C=O) groups excluding carboxylic acids is 2. The minimum Gasteiger partial charge on any atom is -0.478 e. The van der Waals surface area contributed by atoms with Crippen molar-refractivity contribution in [3.8, 4) is 5.69 Å². The fourth-order valence-electron chi connectivity index (χ4n) is 4.39. The molecule has 2 unspecified atom stereocenters. The number of amides is 2. The Morgan fingerprint density at radius 2 is 1.96 bits per heavy atom. The van der Waals surface area contributed by atoms with Gasteiger partial charge in [-0.3, -0.25) is 14.5 Å². The molecular formula is C26H26N9O7S3+. The number of thiazole rings is 1. The quantitative estimate of drug-likeness (QED) is 0.0400. The lowest BCUT2D eigenvalue weighted by Gasteiger charge is -2.49. The topological polar surface area (TPSA) is 253 Å². The standard InChI is InChI=1S/C26H25N9O7S3/c1-11(23(38)39)42-33-17(14-10-44-25(29)30-14)20(36)32-18-21(37)35-19(24(40)41)12(8-43-22(18)35)9-45-26-31-15(27)7-16(28)34(26)13-5-3-2-4-6-13/h2-7,10-11,18,22H,8-9H2,1H3,(H8,27,28,29,30,32,36,38,39,40,41)/p+1/b33-17-/t11?,18?,22-/m0/s1. The zero-order chi connectivity index (χ0) is 32.4. The summed E-state index contributed by atoms with van der Waals surface area (Å²) in [5.41, 5.74) is 18.5. The van der Waals surface area contributed by atoms with Crippen molar-refractivity contribution in [1.82, 2.24) is 20.2 Å². The summed E-state index contributed by atoms with van der Waals surface area (Å²) in [7, 11) is 0. The van der Waals surface area contributed by atoms with Crippen molar-refractivity contribution in [3.63, 3.8) is 0 Å². The number of nitrogens with one attached hydrogen (secondary N) is 1. The Balaban J connectivity index is 1.35. The van der Waals surface area contributed by atoms with Gasteiger partial charge in [-0.2, -0.15) is 4.57 Å². The summed E-state index contributed by atoms with van der Waals surface area (Å²) in [4.78, 5) is 64.5. The van der Waals surface area contributed by atoms with Gasteiger partial charge in [-0.15, -0.1) is 23.1 Å². The number of carboxylic acids is 2. The van der Waals surface area contributed by atoms with E-state index >= 15 is 0 Å². The zero-order valence-electron chi connectivity index (χ0n) is 23.3.